The molecular formula is C11H20N2. The summed E-state index contributed by atoms with van der Waals surface area (Å²) in [6.07, 6.45) is 5.46. The Balaban J connectivity index is 0. The van der Waals surface area contributed by atoms with E-state index in [2.05, 4.69) is 23.6 Å². The van der Waals surface area contributed by atoms with Crippen LogP contribution in [0.3, 0.4) is 0 Å². The molecule has 0 aliphatic rings. The van der Waals surface area contributed by atoms with Gasteiger partial charge in [-0.1, -0.05) is 32.6 Å². The number of aliphatic imine (C=N–C) groups is 1. The van der Waals surface area contributed by atoms with E-state index in [9.17, 15) is 0 Å². The summed E-state index contributed by atoms with van der Waals surface area (Å²) in [4.78, 5) is 3.79. The van der Waals surface area contributed by atoms with Gasteiger partial charge in [-0.05, 0) is 19.7 Å². The second-order valence-corrected chi connectivity index (χ2v) is 2.00. The van der Waals surface area contributed by atoms with Crippen molar-refractivity contribution in [1.29, 1.82) is 0 Å². The molecule has 0 spiro atoms. The highest BCUT2D eigenvalue weighted by molar-refractivity contribution is 5.33. The van der Waals surface area contributed by atoms with E-state index < -0.39 is 0 Å². The average molecular weight is 180 g/mol. The molecule has 1 N–H and O–H groups in total. The first-order valence-corrected chi connectivity index (χ1v) is 4.40. The van der Waals surface area contributed by atoms with Crippen molar-refractivity contribution in [2.75, 3.05) is 7.05 Å². The van der Waals surface area contributed by atoms with Crippen molar-refractivity contribution >= 4 is 6.72 Å². The lowest BCUT2D eigenvalue weighted by Crippen LogP contribution is -2.04. The van der Waals surface area contributed by atoms with Crippen LogP contribution in [-0.2, 0) is 0 Å². The Labute approximate surface area is 81.8 Å². The first kappa shape index (κ1) is 14.2. The predicted octanol–water partition coefficient (Wildman–Crippen LogP) is 2.91. The second kappa shape index (κ2) is 10.7. The van der Waals surface area contributed by atoms with Crippen molar-refractivity contribution in [2.45, 2.75) is 20.8 Å². The molecule has 0 rings (SSSR count). The van der Waals surface area contributed by atoms with E-state index in [1.165, 1.54) is 0 Å². The quantitative estimate of drug-likeness (QED) is 0.522. The molecule has 0 aliphatic carbocycles. The van der Waals surface area contributed by atoms with Crippen LogP contribution < -0.4 is 5.32 Å². The van der Waals surface area contributed by atoms with Gasteiger partial charge in [0, 0.05) is 7.05 Å². The van der Waals surface area contributed by atoms with E-state index in [0.717, 1.165) is 11.4 Å². The highest BCUT2D eigenvalue weighted by atomic mass is 14.9. The molecule has 0 saturated carbocycles. The van der Waals surface area contributed by atoms with Crippen LogP contribution in [0.1, 0.15) is 20.8 Å². The van der Waals surface area contributed by atoms with Crippen LogP contribution in [0.2, 0.25) is 0 Å². The predicted molar refractivity (Wildman–Crippen MR) is 62.0 cm³/mol. The molecule has 2 nitrogen and oxygen atoms in total. The van der Waals surface area contributed by atoms with Gasteiger partial charge in [0.15, 0.2) is 0 Å². The number of likely N-dealkylation sites (N-methyl/N-ethyl adjacent to an activating group) is 1. The van der Waals surface area contributed by atoms with E-state index in [-0.39, 0.29) is 0 Å². The van der Waals surface area contributed by atoms with Crippen LogP contribution >= 0.6 is 0 Å². The van der Waals surface area contributed by atoms with Gasteiger partial charge >= 0.3 is 0 Å². The Bertz CT molecular complexity index is 200. The normalized spacial score (nSPS) is 11.1. The maximum absolute atomic E-state index is 3.79. The van der Waals surface area contributed by atoms with Crippen molar-refractivity contribution in [3.8, 4) is 0 Å². The van der Waals surface area contributed by atoms with Gasteiger partial charge < -0.3 is 5.32 Å². The fourth-order valence-corrected chi connectivity index (χ4v) is 0.634. The van der Waals surface area contributed by atoms with E-state index >= 15 is 0 Å². The Morgan fingerprint density at radius 3 is 2.23 bits per heavy atom. The largest absolute Gasteiger partial charge is 0.387 e. The molecule has 74 valence electrons. The fraction of sp³-hybridized carbons (Fsp3) is 0.364. The minimum Gasteiger partial charge on any atom is -0.387 e. The van der Waals surface area contributed by atoms with Crippen molar-refractivity contribution in [3.63, 3.8) is 0 Å². The first-order chi connectivity index (χ1) is 6.26. The summed E-state index contributed by atoms with van der Waals surface area (Å²) in [6.45, 7) is 12.9. The number of hydrogen-bond acceptors (Lipinski definition) is 2. The van der Waals surface area contributed by atoms with Crippen LogP contribution in [0, 0.1) is 0 Å². The highest BCUT2D eigenvalue weighted by Crippen LogP contribution is 2.01. The highest BCUT2D eigenvalue weighted by Gasteiger charge is 1.90. The number of rotatable bonds is 4. The van der Waals surface area contributed by atoms with Gasteiger partial charge in [0.25, 0.3) is 0 Å². The van der Waals surface area contributed by atoms with Crippen LogP contribution in [0.15, 0.2) is 41.2 Å². The van der Waals surface area contributed by atoms with Crippen molar-refractivity contribution in [2.24, 2.45) is 4.99 Å². The summed E-state index contributed by atoms with van der Waals surface area (Å²) in [5.74, 6) is 0. The number of hydrogen-bond donors (Lipinski definition) is 1. The monoisotopic (exact) mass is 180 g/mol. The molecule has 0 aromatic heterocycles. The molecule has 0 amide bonds. The fourth-order valence-electron chi connectivity index (χ4n) is 0.634. The molecule has 0 bridgehead atoms. The summed E-state index contributed by atoms with van der Waals surface area (Å²) in [6, 6.07) is 0. The molecule has 0 saturated heterocycles. The van der Waals surface area contributed by atoms with E-state index in [0.29, 0.717) is 0 Å². The molecule has 0 heterocycles. The molecule has 13 heavy (non-hydrogen) atoms. The molecule has 0 atom stereocenters. The zero-order chi connectivity index (χ0) is 10.7. The first-order valence-electron chi connectivity index (χ1n) is 4.40. The minimum atomic E-state index is 0.880. The van der Waals surface area contributed by atoms with Crippen LogP contribution in [0.25, 0.3) is 0 Å². The van der Waals surface area contributed by atoms with E-state index in [1.54, 1.807) is 6.08 Å². The maximum atomic E-state index is 3.79. The average Bonchev–Trinajstić information content (AvgIpc) is 2.21. The molecule has 0 radical (unpaired) electrons. The Hall–Kier alpha value is -1.31. The van der Waals surface area contributed by atoms with Gasteiger partial charge in [-0.3, -0.25) is 4.99 Å². The Morgan fingerprint density at radius 1 is 1.38 bits per heavy atom. The smallest absolute Gasteiger partial charge is 0.0596 e. The second-order valence-electron chi connectivity index (χ2n) is 2.00. The third-order valence-electron chi connectivity index (χ3n) is 1.30. The SMILES string of the molecule is C=C/C=C\C(NC)=C(/C)N=C.CC. The molecule has 0 aromatic rings. The van der Waals surface area contributed by atoms with Gasteiger partial charge in [-0.25, -0.2) is 0 Å². The van der Waals surface area contributed by atoms with Gasteiger partial charge in [0.2, 0.25) is 0 Å². The third-order valence-corrected chi connectivity index (χ3v) is 1.30. The Morgan fingerprint density at radius 2 is 1.92 bits per heavy atom. The molecule has 0 fully saturated rings. The Kier molecular flexibility index (Phi) is 11.7. The van der Waals surface area contributed by atoms with Crippen LogP contribution in [0.5, 0.6) is 0 Å². The maximum Gasteiger partial charge on any atom is 0.0596 e. The molecule has 0 aliphatic heterocycles. The molecule has 2 heteroatoms. The lowest BCUT2D eigenvalue weighted by molar-refractivity contribution is 0.992. The van der Waals surface area contributed by atoms with E-state index in [4.69, 9.17) is 0 Å². The number of nitrogens with zero attached hydrogens (tertiary/aromatic N) is 1. The summed E-state index contributed by atoms with van der Waals surface area (Å²) in [7, 11) is 1.84. The molecule has 0 unspecified atom stereocenters. The van der Waals surface area contributed by atoms with Crippen molar-refractivity contribution in [1.82, 2.24) is 5.32 Å². The molecule has 0 aromatic carbocycles. The summed E-state index contributed by atoms with van der Waals surface area (Å²) in [5, 5.41) is 3.00. The number of allylic oxidation sites excluding steroid dienone is 4. The van der Waals surface area contributed by atoms with E-state index in [1.807, 2.05) is 40.0 Å². The summed E-state index contributed by atoms with van der Waals surface area (Å²) >= 11 is 0. The van der Waals surface area contributed by atoms with Crippen molar-refractivity contribution in [3.05, 3.63) is 36.2 Å². The summed E-state index contributed by atoms with van der Waals surface area (Å²) in [5.41, 5.74) is 1.84. The standard InChI is InChI=1S/C9H14N2.C2H6/c1-5-6-7-9(11-4)8(2)10-3;1-2/h5-7,11H,1,3H2,2,4H3;1-2H3/b7-6-,9-8-;. The number of nitrogens with one attached hydrogen (secondary N) is 1. The third kappa shape index (κ3) is 7.06. The molecular weight excluding hydrogens is 160 g/mol. The zero-order valence-electron chi connectivity index (χ0n) is 9.09. The van der Waals surface area contributed by atoms with Crippen molar-refractivity contribution < 1.29 is 0 Å². The van der Waals surface area contributed by atoms with Gasteiger partial charge in [-0.15, -0.1) is 0 Å². The lowest BCUT2D eigenvalue weighted by Gasteiger charge is -2.01. The zero-order valence-corrected chi connectivity index (χ0v) is 9.09. The topological polar surface area (TPSA) is 24.4 Å². The van der Waals surface area contributed by atoms with Gasteiger partial charge in [0.05, 0.1) is 11.4 Å². The van der Waals surface area contributed by atoms with Crippen LogP contribution in [0.4, 0.5) is 0 Å². The summed E-state index contributed by atoms with van der Waals surface area (Å²) < 4.78 is 0. The lowest BCUT2D eigenvalue weighted by atomic mass is 10.3. The van der Waals surface area contributed by atoms with Crippen LogP contribution in [-0.4, -0.2) is 13.8 Å². The van der Waals surface area contributed by atoms with Gasteiger partial charge in [0.1, 0.15) is 0 Å². The minimum absolute atomic E-state index is 0.880. The van der Waals surface area contributed by atoms with Gasteiger partial charge in [-0.2, -0.15) is 0 Å².